The number of rotatable bonds is 4. The minimum absolute atomic E-state index is 0.133. The number of carbonyl (C=O) groups is 1. The summed E-state index contributed by atoms with van der Waals surface area (Å²) in [4.78, 5) is 22.4. The highest BCUT2D eigenvalue weighted by atomic mass is 16.6. The van der Waals surface area contributed by atoms with Crippen molar-refractivity contribution in [1.82, 2.24) is 20.5 Å². The van der Waals surface area contributed by atoms with Crippen molar-refractivity contribution in [1.29, 1.82) is 0 Å². The van der Waals surface area contributed by atoms with Gasteiger partial charge in [-0.2, -0.15) is 0 Å². The molecule has 0 aliphatic carbocycles. The van der Waals surface area contributed by atoms with Crippen LogP contribution in [0.2, 0.25) is 0 Å². The Morgan fingerprint density at radius 3 is 2.62 bits per heavy atom. The van der Waals surface area contributed by atoms with E-state index in [0.29, 0.717) is 31.5 Å². The highest BCUT2D eigenvalue weighted by molar-refractivity contribution is 5.80. The molecule has 1 aromatic carbocycles. The standard InChI is InChI=1S/C21H29N5O3/c1-14-6-8-15(9-7-14)18-24-16(13-28-18)10-23-19(22-5)25-17-11-26(12-17)20(27)29-21(2,3)4/h6-9,13,17H,10-12H2,1-5H3,(H2,22,23,25). The van der Waals surface area contributed by atoms with Crippen LogP contribution in [0.4, 0.5) is 4.79 Å². The van der Waals surface area contributed by atoms with E-state index in [2.05, 4.69) is 20.6 Å². The molecule has 2 N–H and O–H groups in total. The number of guanidine groups is 1. The van der Waals surface area contributed by atoms with Crippen LogP contribution >= 0.6 is 0 Å². The van der Waals surface area contributed by atoms with Crippen LogP contribution in [0.25, 0.3) is 11.5 Å². The maximum atomic E-state index is 12.0. The molecule has 0 saturated carbocycles. The quantitative estimate of drug-likeness (QED) is 0.607. The molecule has 2 heterocycles. The summed E-state index contributed by atoms with van der Waals surface area (Å²) in [5.74, 6) is 1.25. The zero-order valence-electron chi connectivity index (χ0n) is 17.7. The normalized spacial score (nSPS) is 15.1. The molecule has 156 valence electrons. The maximum absolute atomic E-state index is 12.0. The highest BCUT2D eigenvalue weighted by Crippen LogP contribution is 2.19. The number of aryl methyl sites for hydroxylation is 1. The minimum Gasteiger partial charge on any atom is -0.444 e. The first-order valence-corrected chi connectivity index (χ1v) is 9.70. The summed E-state index contributed by atoms with van der Waals surface area (Å²) in [6.07, 6.45) is 1.35. The Hall–Kier alpha value is -3.03. The minimum atomic E-state index is -0.484. The SMILES string of the molecule is CN=C(NCc1coc(-c2ccc(C)cc2)n1)NC1CN(C(=O)OC(C)(C)C)C1. The number of hydrogen-bond donors (Lipinski definition) is 2. The molecule has 1 amide bonds. The van der Waals surface area contributed by atoms with Crippen LogP contribution in [0.15, 0.2) is 39.9 Å². The van der Waals surface area contributed by atoms with Crippen molar-refractivity contribution in [3.63, 3.8) is 0 Å². The van der Waals surface area contributed by atoms with Gasteiger partial charge in [-0.1, -0.05) is 17.7 Å². The van der Waals surface area contributed by atoms with E-state index in [1.54, 1.807) is 18.2 Å². The summed E-state index contributed by atoms with van der Waals surface area (Å²) in [5, 5.41) is 6.52. The number of nitrogens with one attached hydrogen (secondary N) is 2. The number of oxazole rings is 1. The van der Waals surface area contributed by atoms with E-state index in [1.807, 2.05) is 52.0 Å². The third kappa shape index (κ3) is 5.73. The van der Waals surface area contributed by atoms with Crippen molar-refractivity contribution in [2.24, 2.45) is 4.99 Å². The van der Waals surface area contributed by atoms with Crippen LogP contribution in [-0.4, -0.2) is 53.7 Å². The molecular weight excluding hydrogens is 370 g/mol. The highest BCUT2D eigenvalue weighted by Gasteiger charge is 2.34. The molecule has 0 radical (unpaired) electrons. The summed E-state index contributed by atoms with van der Waals surface area (Å²) in [7, 11) is 1.71. The van der Waals surface area contributed by atoms with E-state index < -0.39 is 5.60 Å². The number of ether oxygens (including phenoxy) is 1. The van der Waals surface area contributed by atoms with Crippen LogP contribution in [0.1, 0.15) is 32.0 Å². The second-order valence-electron chi connectivity index (χ2n) is 8.16. The predicted octanol–water partition coefficient (Wildman–Crippen LogP) is 2.93. The Kier molecular flexibility index (Phi) is 6.10. The van der Waals surface area contributed by atoms with Crippen LogP contribution in [0.5, 0.6) is 0 Å². The molecule has 29 heavy (non-hydrogen) atoms. The number of carbonyl (C=O) groups excluding carboxylic acids is 1. The molecule has 8 heteroatoms. The average Bonchev–Trinajstić information content (AvgIpc) is 3.08. The first-order valence-electron chi connectivity index (χ1n) is 9.70. The summed E-state index contributed by atoms with van der Waals surface area (Å²) in [5.41, 5.74) is 2.44. The number of hydrogen-bond acceptors (Lipinski definition) is 5. The zero-order chi connectivity index (χ0) is 21.0. The molecule has 1 aromatic heterocycles. The maximum Gasteiger partial charge on any atom is 0.410 e. The summed E-state index contributed by atoms with van der Waals surface area (Å²) in [6, 6.07) is 8.18. The van der Waals surface area contributed by atoms with E-state index in [1.165, 1.54) is 5.56 Å². The monoisotopic (exact) mass is 399 g/mol. The third-order valence-electron chi connectivity index (χ3n) is 4.38. The van der Waals surface area contributed by atoms with Crippen molar-refractivity contribution < 1.29 is 13.9 Å². The topological polar surface area (TPSA) is 92.0 Å². The molecular formula is C21H29N5O3. The van der Waals surface area contributed by atoms with E-state index in [-0.39, 0.29) is 12.1 Å². The van der Waals surface area contributed by atoms with Gasteiger partial charge in [0.1, 0.15) is 11.9 Å². The summed E-state index contributed by atoms with van der Waals surface area (Å²) >= 11 is 0. The largest absolute Gasteiger partial charge is 0.444 e. The van der Waals surface area contributed by atoms with Crippen LogP contribution in [0, 0.1) is 6.92 Å². The second-order valence-corrected chi connectivity index (χ2v) is 8.16. The number of benzene rings is 1. The van der Waals surface area contributed by atoms with Gasteiger partial charge in [0.25, 0.3) is 0 Å². The van der Waals surface area contributed by atoms with Gasteiger partial charge in [-0.05, 0) is 39.8 Å². The van der Waals surface area contributed by atoms with E-state index in [4.69, 9.17) is 9.15 Å². The summed E-state index contributed by atoms with van der Waals surface area (Å²) < 4.78 is 10.9. The van der Waals surface area contributed by atoms with Gasteiger partial charge in [-0.25, -0.2) is 9.78 Å². The molecule has 1 fully saturated rings. The Morgan fingerprint density at radius 1 is 1.31 bits per heavy atom. The molecule has 0 unspecified atom stereocenters. The Balaban J connectivity index is 1.45. The fourth-order valence-electron chi connectivity index (χ4n) is 2.82. The van der Waals surface area contributed by atoms with Gasteiger partial charge >= 0.3 is 6.09 Å². The van der Waals surface area contributed by atoms with Gasteiger partial charge in [-0.15, -0.1) is 0 Å². The lowest BCUT2D eigenvalue weighted by Crippen LogP contribution is -2.63. The smallest absolute Gasteiger partial charge is 0.410 e. The molecule has 8 nitrogen and oxygen atoms in total. The third-order valence-corrected chi connectivity index (χ3v) is 4.38. The van der Waals surface area contributed by atoms with Crippen LogP contribution in [0.3, 0.4) is 0 Å². The summed E-state index contributed by atoms with van der Waals surface area (Å²) in [6.45, 7) is 9.27. The Labute approximate surface area is 171 Å². The molecule has 1 aliphatic rings. The van der Waals surface area contributed by atoms with Gasteiger partial charge in [0.15, 0.2) is 5.96 Å². The molecule has 0 atom stereocenters. The lowest BCUT2D eigenvalue weighted by atomic mass is 10.1. The fourth-order valence-corrected chi connectivity index (χ4v) is 2.82. The first-order chi connectivity index (χ1) is 13.7. The lowest BCUT2D eigenvalue weighted by Gasteiger charge is -2.40. The van der Waals surface area contributed by atoms with Gasteiger partial charge in [0.2, 0.25) is 5.89 Å². The van der Waals surface area contributed by atoms with Crippen molar-refractivity contribution >= 4 is 12.1 Å². The van der Waals surface area contributed by atoms with E-state index in [9.17, 15) is 4.79 Å². The number of amides is 1. The number of likely N-dealkylation sites (tertiary alicyclic amines) is 1. The van der Waals surface area contributed by atoms with Crippen LogP contribution < -0.4 is 10.6 Å². The molecule has 0 spiro atoms. The Bertz CT molecular complexity index is 861. The molecule has 2 aromatic rings. The van der Waals surface area contributed by atoms with Gasteiger partial charge < -0.3 is 24.7 Å². The van der Waals surface area contributed by atoms with Crippen molar-refractivity contribution in [2.45, 2.75) is 45.9 Å². The number of aromatic nitrogens is 1. The van der Waals surface area contributed by atoms with E-state index >= 15 is 0 Å². The number of aliphatic imine (C=N–C) groups is 1. The van der Waals surface area contributed by atoms with Gasteiger partial charge in [-0.3, -0.25) is 4.99 Å². The van der Waals surface area contributed by atoms with Gasteiger partial charge in [0, 0.05) is 25.7 Å². The predicted molar refractivity (Wildman–Crippen MR) is 112 cm³/mol. The Morgan fingerprint density at radius 2 is 2.00 bits per heavy atom. The van der Waals surface area contributed by atoms with Crippen LogP contribution in [-0.2, 0) is 11.3 Å². The molecule has 1 aliphatic heterocycles. The van der Waals surface area contributed by atoms with Gasteiger partial charge in [0.05, 0.1) is 18.3 Å². The van der Waals surface area contributed by atoms with Crippen molar-refractivity contribution in [3.8, 4) is 11.5 Å². The average molecular weight is 399 g/mol. The molecule has 0 bridgehead atoms. The number of nitrogens with zero attached hydrogens (tertiary/aromatic N) is 3. The first kappa shape index (κ1) is 20.7. The molecule has 3 rings (SSSR count). The van der Waals surface area contributed by atoms with E-state index in [0.717, 1.165) is 11.3 Å². The van der Waals surface area contributed by atoms with Crippen molar-refractivity contribution in [3.05, 3.63) is 41.8 Å². The lowest BCUT2D eigenvalue weighted by molar-refractivity contribution is 0.00701. The molecule has 1 saturated heterocycles. The zero-order valence-corrected chi connectivity index (χ0v) is 17.7. The van der Waals surface area contributed by atoms with Crippen molar-refractivity contribution in [2.75, 3.05) is 20.1 Å². The fraction of sp³-hybridized carbons (Fsp3) is 0.476. The second kappa shape index (κ2) is 8.55.